The van der Waals surface area contributed by atoms with Crippen LogP contribution in [0.1, 0.15) is 0 Å². The van der Waals surface area contributed by atoms with Crippen LogP contribution in [0.2, 0.25) is 0 Å². The summed E-state index contributed by atoms with van der Waals surface area (Å²) in [6.45, 7) is 0. The molecule has 0 saturated carbocycles. The third-order valence-electron chi connectivity index (χ3n) is 2.73. The van der Waals surface area contributed by atoms with E-state index < -0.39 is 0 Å². The van der Waals surface area contributed by atoms with Crippen LogP contribution in [0.15, 0.2) is 42.5 Å². The lowest BCUT2D eigenvalue weighted by atomic mass is 10.2. The van der Waals surface area contributed by atoms with Gasteiger partial charge in [0.1, 0.15) is 10.8 Å². The maximum absolute atomic E-state index is 5.79. The highest BCUT2D eigenvalue weighted by molar-refractivity contribution is 7.21. The molecule has 0 aliphatic rings. The van der Waals surface area contributed by atoms with Gasteiger partial charge in [0.05, 0.1) is 17.3 Å². The number of aromatic nitrogens is 1. The number of nitrogens with zero attached hydrogens (tertiary/aromatic N) is 1. The quantitative estimate of drug-likeness (QED) is 0.713. The summed E-state index contributed by atoms with van der Waals surface area (Å²) in [5, 5.41) is 0.977. The van der Waals surface area contributed by atoms with Crippen LogP contribution in [0.25, 0.3) is 20.8 Å². The molecule has 90 valence electrons. The average molecular weight is 256 g/mol. The van der Waals surface area contributed by atoms with E-state index in [0.29, 0.717) is 0 Å². The van der Waals surface area contributed by atoms with Crippen LogP contribution < -0.4 is 10.5 Å². The summed E-state index contributed by atoms with van der Waals surface area (Å²) < 4.78 is 6.33. The van der Waals surface area contributed by atoms with Gasteiger partial charge in [-0.2, -0.15) is 0 Å². The van der Waals surface area contributed by atoms with Crippen molar-refractivity contribution >= 4 is 27.2 Å². The number of nitrogen functional groups attached to an aromatic ring is 1. The predicted octanol–water partition coefficient (Wildman–Crippen LogP) is 3.55. The van der Waals surface area contributed by atoms with E-state index in [2.05, 4.69) is 4.98 Å². The predicted molar refractivity (Wildman–Crippen MR) is 76.0 cm³/mol. The fourth-order valence-electron chi connectivity index (χ4n) is 1.83. The Hall–Kier alpha value is -2.07. The number of thiazole rings is 1. The van der Waals surface area contributed by atoms with E-state index in [4.69, 9.17) is 10.5 Å². The third kappa shape index (κ3) is 1.91. The van der Waals surface area contributed by atoms with Crippen LogP contribution in [0.3, 0.4) is 0 Å². The summed E-state index contributed by atoms with van der Waals surface area (Å²) in [5.74, 6) is 0.852. The van der Waals surface area contributed by atoms with Gasteiger partial charge in [-0.1, -0.05) is 12.1 Å². The summed E-state index contributed by atoms with van der Waals surface area (Å²) >= 11 is 1.64. The van der Waals surface area contributed by atoms with Gasteiger partial charge >= 0.3 is 0 Å². The van der Waals surface area contributed by atoms with E-state index in [0.717, 1.165) is 32.2 Å². The van der Waals surface area contributed by atoms with Crippen molar-refractivity contribution in [2.75, 3.05) is 12.8 Å². The molecule has 0 aliphatic heterocycles. The molecule has 1 aromatic heterocycles. The highest BCUT2D eigenvalue weighted by Crippen LogP contribution is 2.32. The molecule has 3 rings (SSSR count). The summed E-state index contributed by atoms with van der Waals surface area (Å²) in [6.07, 6.45) is 0. The molecule has 18 heavy (non-hydrogen) atoms. The highest BCUT2D eigenvalue weighted by atomic mass is 32.1. The summed E-state index contributed by atoms with van der Waals surface area (Å²) in [7, 11) is 1.67. The average Bonchev–Trinajstić information content (AvgIpc) is 2.81. The minimum absolute atomic E-state index is 0.754. The molecular weight excluding hydrogens is 244 g/mol. The molecule has 0 atom stereocenters. The molecule has 0 radical (unpaired) electrons. The van der Waals surface area contributed by atoms with Crippen molar-refractivity contribution in [3.8, 4) is 16.3 Å². The lowest BCUT2D eigenvalue weighted by molar-refractivity contribution is 0.415. The van der Waals surface area contributed by atoms with Gasteiger partial charge in [0.25, 0.3) is 0 Å². The standard InChI is InChI=1S/C14H12N2OS/c1-17-11-5-6-12-13(8-11)18-14(16-12)9-3-2-4-10(15)7-9/h2-8H,15H2,1H3. The van der Waals surface area contributed by atoms with Crippen LogP contribution in [0, 0.1) is 0 Å². The molecule has 1 heterocycles. The Labute approximate surface area is 109 Å². The number of anilines is 1. The van der Waals surface area contributed by atoms with E-state index in [1.54, 1.807) is 18.4 Å². The third-order valence-corrected chi connectivity index (χ3v) is 3.80. The summed E-state index contributed by atoms with van der Waals surface area (Å²) in [6, 6.07) is 13.7. The molecule has 0 unspecified atom stereocenters. The SMILES string of the molecule is COc1ccc2nc(-c3cccc(N)c3)sc2c1. The second-order valence-corrected chi connectivity index (χ2v) is 5.01. The highest BCUT2D eigenvalue weighted by Gasteiger charge is 2.07. The maximum Gasteiger partial charge on any atom is 0.124 e. The fourth-order valence-corrected chi connectivity index (χ4v) is 2.82. The number of fused-ring (bicyclic) bond motifs is 1. The van der Waals surface area contributed by atoms with Gasteiger partial charge in [-0.3, -0.25) is 0 Å². The Kier molecular flexibility index (Phi) is 2.64. The molecule has 0 aliphatic carbocycles. The smallest absolute Gasteiger partial charge is 0.124 e. The fraction of sp³-hybridized carbons (Fsp3) is 0.0714. The minimum Gasteiger partial charge on any atom is -0.497 e. The normalized spacial score (nSPS) is 10.7. The first-order valence-electron chi connectivity index (χ1n) is 5.57. The zero-order valence-electron chi connectivity index (χ0n) is 9.88. The monoisotopic (exact) mass is 256 g/mol. The number of nitrogens with two attached hydrogens (primary N) is 1. The van der Waals surface area contributed by atoms with Gasteiger partial charge in [0.15, 0.2) is 0 Å². The van der Waals surface area contributed by atoms with Crippen molar-refractivity contribution in [2.45, 2.75) is 0 Å². The number of methoxy groups -OCH3 is 1. The van der Waals surface area contributed by atoms with E-state index in [-0.39, 0.29) is 0 Å². The number of benzene rings is 2. The molecule has 0 saturated heterocycles. The Balaban J connectivity index is 2.13. The Morgan fingerprint density at radius 2 is 2.06 bits per heavy atom. The summed E-state index contributed by atoms with van der Waals surface area (Å²) in [4.78, 5) is 4.61. The molecule has 0 spiro atoms. The second-order valence-electron chi connectivity index (χ2n) is 3.98. The van der Waals surface area contributed by atoms with Gasteiger partial charge in [-0.15, -0.1) is 11.3 Å². The molecule has 0 bridgehead atoms. The molecule has 3 nitrogen and oxygen atoms in total. The van der Waals surface area contributed by atoms with E-state index in [9.17, 15) is 0 Å². The molecule has 4 heteroatoms. The van der Waals surface area contributed by atoms with Crippen molar-refractivity contribution in [3.63, 3.8) is 0 Å². The van der Waals surface area contributed by atoms with Crippen LogP contribution in [0.4, 0.5) is 5.69 Å². The van der Waals surface area contributed by atoms with Gasteiger partial charge < -0.3 is 10.5 Å². The van der Waals surface area contributed by atoms with Crippen molar-refractivity contribution in [3.05, 3.63) is 42.5 Å². The number of hydrogen-bond donors (Lipinski definition) is 1. The Morgan fingerprint density at radius 1 is 1.17 bits per heavy atom. The first-order valence-corrected chi connectivity index (χ1v) is 6.38. The molecule has 3 aromatic rings. The second kappa shape index (κ2) is 4.31. The topological polar surface area (TPSA) is 48.1 Å². The lowest BCUT2D eigenvalue weighted by Gasteiger charge is -1.96. The molecule has 2 aromatic carbocycles. The van der Waals surface area contributed by atoms with Gasteiger partial charge in [0.2, 0.25) is 0 Å². The zero-order chi connectivity index (χ0) is 12.5. The van der Waals surface area contributed by atoms with Crippen molar-refractivity contribution < 1.29 is 4.74 Å². The van der Waals surface area contributed by atoms with Gasteiger partial charge in [-0.05, 0) is 30.3 Å². The maximum atomic E-state index is 5.79. The Morgan fingerprint density at radius 3 is 2.83 bits per heavy atom. The van der Waals surface area contributed by atoms with Crippen LogP contribution in [0.5, 0.6) is 5.75 Å². The van der Waals surface area contributed by atoms with Gasteiger partial charge in [0, 0.05) is 11.3 Å². The molecule has 0 fully saturated rings. The Bertz CT molecular complexity index is 706. The van der Waals surface area contributed by atoms with E-state index in [1.165, 1.54) is 0 Å². The minimum atomic E-state index is 0.754. The zero-order valence-corrected chi connectivity index (χ0v) is 10.7. The summed E-state index contributed by atoms with van der Waals surface area (Å²) in [5.41, 5.74) is 8.58. The number of rotatable bonds is 2. The molecular formula is C14H12N2OS. The number of ether oxygens (including phenoxy) is 1. The van der Waals surface area contributed by atoms with Crippen molar-refractivity contribution in [1.29, 1.82) is 0 Å². The largest absolute Gasteiger partial charge is 0.497 e. The molecule has 0 amide bonds. The van der Waals surface area contributed by atoms with Crippen molar-refractivity contribution in [1.82, 2.24) is 4.98 Å². The van der Waals surface area contributed by atoms with E-state index in [1.807, 2.05) is 42.5 Å². The van der Waals surface area contributed by atoms with Crippen molar-refractivity contribution in [2.24, 2.45) is 0 Å². The first-order chi connectivity index (χ1) is 8.76. The van der Waals surface area contributed by atoms with Crippen LogP contribution in [-0.4, -0.2) is 12.1 Å². The van der Waals surface area contributed by atoms with Crippen LogP contribution in [-0.2, 0) is 0 Å². The van der Waals surface area contributed by atoms with Crippen LogP contribution >= 0.6 is 11.3 Å². The molecule has 2 N–H and O–H groups in total. The van der Waals surface area contributed by atoms with Gasteiger partial charge in [-0.25, -0.2) is 4.98 Å². The lowest BCUT2D eigenvalue weighted by Crippen LogP contribution is -1.84. The number of hydrogen-bond acceptors (Lipinski definition) is 4. The van der Waals surface area contributed by atoms with E-state index >= 15 is 0 Å². The first kappa shape index (κ1) is 11.0.